The molecule has 4 nitrogen and oxygen atoms in total. The van der Waals surface area contributed by atoms with Crippen LogP contribution in [-0.4, -0.2) is 26.3 Å². The van der Waals surface area contributed by atoms with Crippen molar-refractivity contribution in [1.29, 1.82) is 0 Å². The van der Waals surface area contributed by atoms with Crippen molar-refractivity contribution in [2.45, 2.75) is 12.1 Å². The maximum absolute atomic E-state index is 13.6. The average molecular weight is 431 g/mol. The molecule has 0 N–H and O–H groups in total. The number of hydrogen-bond acceptors (Lipinski definition) is 4. The lowest BCUT2D eigenvalue weighted by atomic mass is 10.2. The van der Waals surface area contributed by atoms with Crippen molar-refractivity contribution in [2.24, 2.45) is 0 Å². The second-order valence-electron chi connectivity index (χ2n) is 5.35. The SMILES string of the molecule is CC(=O)CSc1nnc(-c2ccc(Cl)cc2Cl)n1-c1ccc(F)c(Cl)c1. The van der Waals surface area contributed by atoms with Crippen LogP contribution in [0.15, 0.2) is 41.6 Å². The Bertz CT molecular complexity index is 993. The Morgan fingerprint density at radius 1 is 1.12 bits per heavy atom. The summed E-state index contributed by atoms with van der Waals surface area (Å²) in [4.78, 5) is 11.3. The van der Waals surface area contributed by atoms with E-state index in [0.29, 0.717) is 32.3 Å². The van der Waals surface area contributed by atoms with Crippen LogP contribution in [0, 0.1) is 5.82 Å². The van der Waals surface area contributed by atoms with Gasteiger partial charge < -0.3 is 0 Å². The minimum absolute atomic E-state index is 0.00670. The third-order valence-corrected chi connectivity index (χ3v) is 5.28. The molecule has 0 aliphatic carbocycles. The van der Waals surface area contributed by atoms with Crippen molar-refractivity contribution in [3.8, 4) is 17.1 Å². The third-order valence-electron chi connectivity index (χ3n) is 3.37. The van der Waals surface area contributed by atoms with E-state index in [1.54, 1.807) is 28.8 Å². The van der Waals surface area contributed by atoms with Gasteiger partial charge in [0.05, 0.1) is 21.5 Å². The second-order valence-corrected chi connectivity index (χ2v) is 7.55. The van der Waals surface area contributed by atoms with Gasteiger partial charge in [0.25, 0.3) is 0 Å². The zero-order valence-electron chi connectivity index (χ0n) is 13.3. The highest BCUT2D eigenvalue weighted by Gasteiger charge is 2.19. The standard InChI is InChI=1S/C17H11Cl3FN3OS/c1-9(25)8-26-17-23-22-16(12-4-2-10(18)6-13(12)19)24(17)11-3-5-15(21)14(20)7-11/h2-7H,8H2,1H3. The average Bonchev–Trinajstić information content (AvgIpc) is 2.99. The Kier molecular flexibility index (Phi) is 5.87. The number of carbonyl (C=O) groups is 1. The molecular formula is C17H11Cl3FN3OS. The lowest BCUT2D eigenvalue weighted by Gasteiger charge is -2.11. The van der Waals surface area contributed by atoms with Crippen LogP contribution in [0.5, 0.6) is 0 Å². The number of rotatable bonds is 5. The molecule has 1 heterocycles. The van der Waals surface area contributed by atoms with Crippen LogP contribution >= 0.6 is 46.6 Å². The van der Waals surface area contributed by atoms with Gasteiger partial charge in [-0.3, -0.25) is 9.36 Å². The lowest BCUT2D eigenvalue weighted by molar-refractivity contribution is -0.114. The summed E-state index contributed by atoms with van der Waals surface area (Å²) in [7, 11) is 0. The molecule has 0 saturated carbocycles. The van der Waals surface area contributed by atoms with Gasteiger partial charge in [-0.05, 0) is 43.3 Å². The number of benzene rings is 2. The number of ketones is 1. The molecule has 0 amide bonds. The first-order valence-electron chi connectivity index (χ1n) is 7.35. The molecule has 3 rings (SSSR count). The Morgan fingerprint density at radius 2 is 1.88 bits per heavy atom. The molecule has 9 heteroatoms. The van der Waals surface area contributed by atoms with E-state index in [0.717, 1.165) is 0 Å². The van der Waals surface area contributed by atoms with Crippen LogP contribution in [0.25, 0.3) is 17.1 Å². The van der Waals surface area contributed by atoms with Gasteiger partial charge in [0.15, 0.2) is 11.0 Å². The van der Waals surface area contributed by atoms with Gasteiger partial charge in [0.1, 0.15) is 11.6 Å². The van der Waals surface area contributed by atoms with Crippen molar-refractivity contribution >= 4 is 52.3 Å². The molecule has 0 saturated heterocycles. The molecule has 0 radical (unpaired) electrons. The summed E-state index contributed by atoms with van der Waals surface area (Å²) in [6, 6.07) is 9.26. The minimum Gasteiger partial charge on any atom is -0.299 e. The molecule has 0 atom stereocenters. The molecule has 134 valence electrons. The van der Waals surface area contributed by atoms with E-state index in [4.69, 9.17) is 34.8 Å². The maximum atomic E-state index is 13.6. The van der Waals surface area contributed by atoms with Crippen molar-refractivity contribution in [2.75, 3.05) is 5.75 Å². The highest BCUT2D eigenvalue weighted by Crippen LogP contribution is 2.34. The zero-order valence-corrected chi connectivity index (χ0v) is 16.4. The van der Waals surface area contributed by atoms with E-state index in [9.17, 15) is 9.18 Å². The van der Waals surface area contributed by atoms with Gasteiger partial charge in [-0.25, -0.2) is 4.39 Å². The summed E-state index contributed by atoms with van der Waals surface area (Å²) in [6.07, 6.45) is 0. The van der Waals surface area contributed by atoms with Gasteiger partial charge in [0.2, 0.25) is 0 Å². The fourth-order valence-electron chi connectivity index (χ4n) is 2.23. The van der Waals surface area contributed by atoms with Crippen LogP contribution in [0.3, 0.4) is 0 Å². The maximum Gasteiger partial charge on any atom is 0.196 e. The summed E-state index contributed by atoms with van der Waals surface area (Å²) in [5.74, 6) is 0.113. The van der Waals surface area contributed by atoms with Crippen molar-refractivity contribution in [3.05, 3.63) is 57.3 Å². The van der Waals surface area contributed by atoms with E-state index >= 15 is 0 Å². The van der Waals surface area contributed by atoms with Gasteiger partial charge >= 0.3 is 0 Å². The van der Waals surface area contributed by atoms with Crippen LogP contribution in [0.2, 0.25) is 15.1 Å². The fraction of sp³-hybridized carbons (Fsp3) is 0.118. The highest BCUT2D eigenvalue weighted by molar-refractivity contribution is 7.99. The van der Waals surface area contributed by atoms with E-state index in [-0.39, 0.29) is 16.6 Å². The molecule has 3 aromatic rings. The number of carbonyl (C=O) groups excluding carboxylic acids is 1. The number of nitrogens with zero attached hydrogens (tertiary/aromatic N) is 3. The van der Waals surface area contributed by atoms with Crippen LogP contribution < -0.4 is 0 Å². The largest absolute Gasteiger partial charge is 0.299 e. The predicted molar refractivity (Wildman–Crippen MR) is 103 cm³/mol. The first-order valence-corrected chi connectivity index (χ1v) is 9.47. The molecular weight excluding hydrogens is 420 g/mol. The van der Waals surface area contributed by atoms with E-state index in [2.05, 4.69) is 10.2 Å². The molecule has 26 heavy (non-hydrogen) atoms. The summed E-state index contributed by atoms with van der Waals surface area (Å²) in [5, 5.41) is 9.66. The molecule has 0 unspecified atom stereocenters. The van der Waals surface area contributed by atoms with Crippen LogP contribution in [-0.2, 0) is 4.79 Å². The van der Waals surface area contributed by atoms with Gasteiger partial charge in [-0.2, -0.15) is 0 Å². The molecule has 0 bridgehead atoms. The molecule has 0 fully saturated rings. The Hall–Kier alpha value is -1.60. The Labute approximate surface area is 168 Å². The normalized spacial score (nSPS) is 11.0. The quantitative estimate of drug-likeness (QED) is 0.486. The predicted octanol–water partition coefficient (Wildman–Crippen LogP) is 5.71. The van der Waals surface area contributed by atoms with Crippen LogP contribution in [0.4, 0.5) is 4.39 Å². The number of halogens is 4. The Morgan fingerprint density at radius 3 is 2.54 bits per heavy atom. The molecule has 0 aliphatic rings. The molecule has 0 aliphatic heterocycles. The second kappa shape index (κ2) is 7.96. The van der Waals surface area contributed by atoms with Crippen LogP contribution in [0.1, 0.15) is 6.92 Å². The van der Waals surface area contributed by atoms with Crippen molar-refractivity contribution < 1.29 is 9.18 Å². The lowest BCUT2D eigenvalue weighted by Crippen LogP contribution is -2.02. The summed E-state index contributed by atoms with van der Waals surface area (Å²) >= 11 is 19.4. The number of aromatic nitrogens is 3. The van der Waals surface area contributed by atoms with Crippen molar-refractivity contribution in [3.63, 3.8) is 0 Å². The van der Waals surface area contributed by atoms with Crippen molar-refractivity contribution in [1.82, 2.24) is 14.8 Å². The minimum atomic E-state index is -0.535. The van der Waals surface area contributed by atoms with Gasteiger partial charge in [-0.1, -0.05) is 46.6 Å². The van der Waals surface area contributed by atoms with E-state index in [1.807, 2.05) is 0 Å². The first-order chi connectivity index (χ1) is 12.4. The summed E-state index contributed by atoms with van der Waals surface area (Å²) < 4.78 is 15.2. The van der Waals surface area contributed by atoms with E-state index < -0.39 is 5.82 Å². The number of Topliss-reactive ketones (excluding diaryl/α,β-unsaturated/α-hetero) is 1. The fourth-order valence-corrected chi connectivity index (χ4v) is 3.65. The smallest absolute Gasteiger partial charge is 0.196 e. The van der Waals surface area contributed by atoms with E-state index in [1.165, 1.54) is 30.8 Å². The summed E-state index contributed by atoms with van der Waals surface area (Å²) in [5.41, 5.74) is 1.15. The monoisotopic (exact) mass is 429 g/mol. The number of thioether (sulfide) groups is 1. The Balaban J connectivity index is 2.18. The number of hydrogen-bond donors (Lipinski definition) is 0. The molecule has 1 aromatic heterocycles. The summed E-state index contributed by atoms with van der Waals surface area (Å²) in [6.45, 7) is 1.49. The zero-order chi connectivity index (χ0) is 18.8. The molecule has 2 aromatic carbocycles. The van der Waals surface area contributed by atoms with Gasteiger partial charge in [0, 0.05) is 10.6 Å². The van der Waals surface area contributed by atoms with Gasteiger partial charge in [-0.15, -0.1) is 10.2 Å². The topological polar surface area (TPSA) is 47.8 Å². The third kappa shape index (κ3) is 4.04. The highest BCUT2D eigenvalue weighted by atomic mass is 35.5. The first kappa shape index (κ1) is 19.2. The molecule has 0 spiro atoms.